The van der Waals surface area contributed by atoms with Gasteiger partial charge in [0.2, 0.25) is 0 Å². The molecule has 60 valence electrons. The van der Waals surface area contributed by atoms with Crippen molar-refractivity contribution in [3.8, 4) is 0 Å². The average Bonchev–Trinajstić information content (AvgIpc) is 2.32. The van der Waals surface area contributed by atoms with Crippen molar-refractivity contribution in [3.63, 3.8) is 0 Å². The van der Waals surface area contributed by atoms with Gasteiger partial charge >= 0.3 is 5.97 Å². The molecule has 2 heteroatoms. The summed E-state index contributed by atoms with van der Waals surface area (Å²) in [6, 6.07) is 0. The van der Waals surface area contributed by atoms with Crippen molar-refractivity contribution in [1.82, 2.24) is 0 Å². The molecule has 0 aromatic heterocycles. The van der Waals surface area contributed by atoms with Crippen molar-refractivity contribution in [2.24, 2.45) is 11.8 Å². The van der Waals surface area contributed by atoms with E-state index in [0.717, 1.165) is 25.2 Å². The van der Waals surface area contributed by atoms with E-state index in [2.05, 4.69) is 0 Å². The van der Waals surface area contributed by atoms with Crippen LogP contribution in [0.25, 0.3) is 0 Å². The third-order valence-electron chi connectivity index (χ3n) is 2.90. The summed E-state index contributed by atoms with van der Waals surface area (Å²) in [6.45, 7) is 0. The van der Waals surface area contributed by atoms with E-state index in [1.165, 1.54) is 6.42 Å². The molecule has 2 atom stereocenters. The fraction of sp³-hybridized carbons (Fsp3) is 0.667. The number of allylic oxidation sites excluding steroid dienone is 1. The van der Waals surface area contributed by atoms with Crippen LogP contribution in [0.4, 0.5) is 0 Å². The molecule has 2 aliphatic rings. The van der Waals surface area contributed by atoms with Crippen LogP contribution in [-0.4, -0.2) is 11.1 Å². The highest BCUT2D eigenvalue weighted by molar-refractivity contribution is 5.87. The number of aliphatic carboxylic acids is 1. The van der Waals surface area contributed by atoms with Gasteiger partial charge in [0.1, 0.15) is 0 Å². The van der Waals surface area contributed by atoms with Crippen molar-refractivity contribution >= 4 is 5.97 Å². The van der Waals surface area contributed by atoms with Crippen LogP contribution in [0.1, 0.15) is 25.7 Å². The molecule has 1 unspecified atom stereocenters. The molecular weight excluding hydrogens is 140 g/mol. The lowest BCUT2D eigenvalue weighted by molar-refractivity contribution is -0.133. The van der Waals surface area contributed by atoms with E-state index < -0.39 is 5.97 Å². The Morgan fingerprint density at radius 1 is 1.55 bits per heavy atom. The third kappa shape index (κ3) is 1.06. The Balaban J connectivity index is 2.21. The molecule has 2 rings (SSSR count). The second-order valence-electron chi connectivity index (χ2n) is 3.58. The van der Waals surface area contributed by atoms with Gasteiger partial charge in [-0.1, -0.05) is 6.08 Å². The van der Waals surface area contributed by atoms with E-state index >= 15 is 0 Å². The van der Waals surface area contributed by atoms with Gasteiger partial charge < -0.3 is 5.11 Å². The Morgan fingerprint density at radius 2 is 2.36 bits per heavy atom. The Morgan fingerprint density at radius 3 is 3.09 bits per heavy atom. The number of rotatable bonds is 1. The van der Waals surface area contributed by atoms with Gasteiger partial charge in [0.25, 0.3) is 0 Å². The highest BCUT2D eigenvalue weighted by Gasteiger charge is 2.33. The van der Waals surface area contributed by atoms with Gasteiger partial charge in [-0.15, -0.1) is 0 Å². The third-order valence-corrected chi connectivity index (χ3v) is 2.90. The van der Waals surface area contributed by atoms with Gasteiger partial charge in [-0.25, -0.2) is 4.79 Å². The maximum atomic E-state index is 10.7. The van der Waals surface area contributed by atoms with Crippen LogP contribution in [0, 0.1) is 11.8 Å². The number of hydrogen-bond acceptors (Lipinski definition) is 1. The summed E-state index contributed by atoms with van der Waals surface area (Å²) in [5.74, 6) is 0.477. The number of carboxylic acid groups (broad SMARTS) is 1. The van der Waals surface area contributed by atoms with Gasteiger partial charge in [0, 0.05) is 5.57 Å². The molecule has 0 aliphatic heterocycles. The maximum Gasteiger partial charge on any atom is 0.331 e. The molecule has 11 heavy (non-hydrogen) atoms. The van der Waals surface area contributed by atoms with Crippen molar-refractivity contribution < 1.29 is 9.90 Å². The van der Waals surface area contributed by atoms with Crippen LogP contribution in [0.15, 0.2) is 11.6 Å². The monoisotopic (exact) mass is 152 g/mol. The first-order valence-corrected chi connectivity index (χ1v) is 4.20. The quantitative estimate of drug-likeness (QED) is 0.622. The zero-order chi connectivity index (χ0) is 7.84. The molecule has 1 N–H and O–H groups in total. The molecular formula is C9H12O2. The van der Waals surface area contributed by atoms with Crippen molar-refractivity contribution in [2.45, 2.75) is 25.7 Å². The molecule has 0 spiro atoms. The van der Waals surface area contributed by atoms with Crippen LogP contribution < -0.4 is 0 Å². The molecule has 0 saturated heterocycles. The molecule has 2 bridgehead atoms. The van der Waals surface area contributed by atoms with Gasteiger partial charge in [0.15, 0.2) is 0 Å². The molecule has 2 aliphatic carbocycles. The van der Waals surface area contributed by atoms with Crippen LogP contribution in [0.3, 0.4) is 0 Å². The molecule has 0 amide bonds. The van der Waals surface area contributed by atoms with E-state index in [1.54, 1.807) is 0 Å². The summed E-state index contributed by atoms with van der Waals surface area (Å²) in [6.07, 6.45) is 6.38. The van der Waals surface area contributed by atoms with Crippen LogP contribution in [-0.2, 0) is 4.79 Å². The van der Waals surface area contributed by atoms with Gasteiger partial charge in [0.05, 0.1) is 0 Å². The fourth-order valence-corrected chi connectivity index (χ4v) is 2.29. The second kappa shape index (κ2) is 2.36. The number of carbonyl (C=O) groups is 1. The van der Waals surface area contributed by atoms with Crippen LogP contribution >= 0.6 is 0 Å². The van der Waals surface area contributed by atoms with E-state index in [4.69, 9.17) is 5.11 Å². The van der Waals surface area contributed by atoms with E-state index in [1.807, 2.05) is 6.08 Å². The topological polar surface area (TPSA) is 37.3 Å². The second-order valence-corrected chi connectivity index (χ2v) is 3.58. The summed E-state index contributed by atoms with van der Waals surface area (Å²) in [5.41, 5.74) is 0.679. The summed E-state index contributed by atoms with van der Waals surface area (Å²) in [7, 11) is 0. The van der Waals surface area contributed by atoms with Crippen LogP contribution in [0.5, 0.6) is 0 Å². The highest BCUT2D eigenvalue weighted by Crippen LogP contribution is 2.41. The molecule has 1 saturated carbocycles. The average molecular weight is 152 g/mol. The minimum Gasteiger partial charge on any atom is -0.478 e. The highest BCUT2D eigenvalue weighted by atomic mass is 16.4. The SMILES string of the molecule is O=C(O)C1=CC[C@H]2CCC1C2. The Hall–Kier alpha value is -0.790. The Bertz CT molecular complexity index is 218. The Labute approximate surface area is 65.9 Å². The first-order chi connectivity index (χ1) is 5.27. The summed E-state index contributed by atoms with van der Waals surface area (Å²) < 4.78 is 0. The first-order valence-electron chi connectivity index (χ1n) is 4.20. The maximum absolute atomic E-state index is 10.7. The van der Waals surface area contributed by atoms with Crippen LogP contribution in [0.2, 0.25) is 0 Å². The lowest BCUT2D eigenvalue weighted by atomic mass is 9.89. The largest absolute Gasteiger partial charge is 0.478 e. The van der Waals surface area contributed by atoms with Crippen molar-refractivity contribution in [1.29, 1.82) is 0 Å². The normalized spacial score (nSPS) is 35.1. The molecule has 1 fully saturated rings. The number of fused-ring (bicyclic) bond motifs is 2. The fourth-order valence-electron chi connectivity index (χ4n) is 2.29. The number of carboxylic acids is 1. The van der Waals surface area contributed by atoms with E-state index in [9.17, 15) is 4.79 Å². The smallest absolute Gasteiger partial charge is 0.331 e. The molecule has 0 radical (unpaired) electrons. The predicted octanol–water partition coefficient (Wildman–Crippen LogP) is 1.82. The summed E-state index contributed by atoms with van der Waals surface area (Å²) in [4.78, 5) is 10.7. The minimum atomic E-state index is -0.699. The molecule has 0 aromatic carbocycles. The molecule has 0 heterocycles. The van der Waals surface area contributed by atoms with Crippen molar-refractivity contribution in [3.05, 3.63) is 11.6 Å². The molecule has 2 nitrogen and oxygen atoms in total. The zero-order valence-corrected chi connectivity index (χ0v) is 6.42. The molecule has 0 aromatic rings. The van der Waals surface area contributed by atoms with Gasteiger partial charge in [-0.2, -0.15) is 0 Å². The van der Waals surface area contributed by atoms with Gasteiger partial charge in [-0.3, -0.25) is 0 Å². The van der Waals surface area contributed by atoms with E-state index in [-0.39, 0.29) is 0 Å². The lowest BCUT2D eigenvalue weighted by Gasteiger charge is -2.16. The minimum absolute atomic E-state index is 0.381. The Kier molecular flexibility index (Phi) is 1.48. The summed E-state index contributed by atoms with van der Waals surface area (Å²) in [5, 5.41) is 8.79. The number of hydrogen-bond donors (Lipinski definition) is 1. The zero-order valence-electron chi connectivity index (χ0n) is 6.42. The van der Waals surface area contributed by atoms with Gasteiger partial charge in [-0.05, 0) is 37.5 Å². The lowest BCUT2D eigenvalue weighted by Crippen LogP contribution is -2.13. The first kappa shape index (κ1) is 6.89. The summed E-state index contributed by atoms with van der Waals surface area (Å²) >= 11 is 0. The predicted molar refractivity (Wildman–Crippen MR) is 41.2 cm³/mol. The van der Waals surface area contributed by atoms with E-state index in [0.29, 0.717) is 11.5 Å². The van der Waals surface area contributed by atoms with Crippen molar-refractivity contribution in [2.75, 3.05) is 0 Å². The standard InChI is InChI=1S/C9H12O2/c10-9(11)8-4-2-6-1-3-7(8)5-6/h4,6-7H,1-3,5H2,(H,10,11)/t6-,7?/m1/s1.